The van der Waals surface area contributed by atoms with E-state index in [1.54, 1.807) is 0 Å². The van der Waals surface area contributed by atoms with Gasteiger partial charge in [-0.2, -0.15) is 0 Å². The Balaban J connectivity index is 2.03. The van der Waals surface area contributed by atoms with Gasteiger partial charge in [0.25, 0.3) is 0 Å². The highest BCUT2D eigenvalue weighted by Crippen LogP contribution is 2.33. The van der Waals surface area contributed by atoms with Crippen LogP contribution in [0.25, 0.3) is 0 Å². The molecule has 0 amide bonds. The summed E-state index contributed by atoms with van der Waals surface area (Å²) in [5.74, 6) is 0.986. The van der Waals surface area contributed by atoms with Crippen molar-refractivity contribution in [2.24, 2.45) is 5.92 Å². The summed E-state index contributed by atoms with van der Waals surface area (Å²) in [6.07, 6.45) is 6.88. The van der Waals surface area contributed by atoms with Crippen molar-refractivity contribution in [2.45, 2.75) is 70.9 Å². The van der Waals surface area contributed by atoms with Crippen molar-refractivity contribution in [3.63, 3.8) is 0 Å². The second-order valence-corrected chi connectivity index (χ2v) is 6.80. The van der Waals surface area contributed by atoms with Gasteiger partial charge in [0, 0.05) is 30.7 Å². The van der Waals surface area contributed by atoms with Crippen LogP contribution in [0.3, 0.4) is 0 Å². The Morgan fingerprint density at radius 3 is 2.35 bits per heavy atom. The largest absolute Gasteiger partial charge is 0.308 e. The van der Waals surface area contributed by atoms with Gasteiger partial charge in [-0.05, 0) is 45.4 Å². The SMILES string of the molecule is CCC1(C)CN(CC2CCC2)C(C)(CC)CN1. The fraction of sp³-hybridized carbons (Fsp3) is 1.00. The minimum atomic E-state index is 0.332. The summed E-state index contributed by atoms with van der Waals surface area (Å²) >= 11 is 0. The summed E-state index contributed by atoms with van der Waals surface area (Å²) in [6.45, 7) is 13.2. The molecule has 1 aliphatic carbocycles. The Hall–Kier alpha value is -0.0800. The number of hydrogen-bond donors (Lipinski definition) is 1. The number of piperazine rings is 1. The first-order chi connectivity index (χ1) is 8.01. The fourth-order valence-electron chi connectivity index (χ4n) is 3.04. The minimum absolute atomic E-state index is 0.332. The van der Waals surface area contributed by atoms with E-state index in [0.717, 1.165) is 12.5 Å². The summed E-state index contributed by atoms with van der Waals surface area (Å²) in [6, 6.07) is 0. The molecule has 0 aromatic heterocycles. The molecule has 100 valence electrons. The van der Waals surface area contributed by atoms with Crippen LogP contribution in [0.1, 0.15) is 59.8 Å². The predicted molar refractivity (Wildman–Crippen MR) is 74.3 cm³/mol. The summed E-state index contributed by atoms with van der Waals surface area (Å²) in [4.78, 5) is 2.79. The van der Waals surface area contributed by atoms with E-state index in [4.69, 9.17) is 0 Å². The summed E-state index contributed by atoms with van der Waals surface area (Å²) in [5, 5.41) is 3.78. The van der Waals surface area contributed by atoms with Crippen molar-refractivity contribution in [1.29, 1.82) is 0 Å². The van der Waals surface area contributed by atoms with Gasteiger partial charge in [-0.15, -0.1) is 0 Å². The summed E-state index contributed by atoms with van der Waals surface area (Å²) in [7, 11) is 0. The number of nitrogens with zero attached hydrogens (tertiary/aromatic N) is 1. The second-order valence-electron chi connectivity index (χ2n) is 6.80. The highest BCUT2D eigenvalue weighted by atomic mass is 15.3. The van der Waals surface area contributed by atoms with E-state index in [-0.39, 0.29) is 0 Å². The molecule has 0 spiro atoms. The Bertz CT molecular complexity index is 262. The molecule has 2 atom stereocenters. The molecule has 1 aliphatic heterocycles. The van der Waals surface area contributed by atoms with Gasteiger partial charge in [-0.1, -0.05) is 20.3 Å². The van der Waals surface area contributed by atoms with Crippen LogP contribution >= 0.6 is 0 Å². The van der Waals surface area contributed by atoms with Gasteiger partial charge >= 0.3 is 0 Å². The topological polar surface area (TPSA) is 15.3 Å². The van der Waals surface area contributed by atoms with E-state index in [1.165, 1.54) is 45.2 Å². The molecule has 2 heteroatoms. The lowest BCUT2D eigenvalue weighted by molar-refractivity contribution is -0.00366. The van der Waals surface area contributed by atoms with Crippen LogP contribution < -0.4 is 5.32 Å². The van der Waals surface area contributed by atoms with Crippen LogP contribution in [0.2, 0.25) is 0 Å². The highest BCUT2D eigenvalue weighted by Gasteiger charge is 2.41. The van der Waals surface area contributed by atoms with Gasteiger partial charge in [0.1, 0.15) is 0 Å². The normalized spacial score (nSPS) is 40.2. The Morgan fingerprint density at radius 2 is 1.88 bits per heavy atom. The summed E-state index contributed by atoms with van der Waals surface area (Å²) < 4.78 is 0. The fourth-order valence-corrected chi connectivity index (χ4v) is 3.04. The molecule has 2 rings (SSSR count). The molecule has 1 saturated carbocycles. The average Bonchev–Trinajstić information content (AvgIpc) is 2.28. The molecule has 2 nitrogen and oxygen atoms in total. The molecule has 0 bridgehead atoms. The van der Waals surface area contributed by atoms with Crippen LogP contribution in [0.4, 0.5) is 0 Å². The third-order valence-corrected chi connectivity index (χ3v) is 5.44. The van der Waals surface area contributed by atoms with Crippen molar-refractivity contribution in [3.05, 3.63) is 0 Å². The summed E-state index contributed by atoms with van der Waals surface area (Å²) in [5.41, 5.74) is 0.711. The van der Waals surface area contributed by atoms with E-state index in [2.05, 4.69) is 37.9 Å². The van der Waals surface area contributed by atoms with Crippen molar-refractivity contribution < 1.29 is 0 Å². The molecule has 1 heterocycles. The lowest BCUT2D eigenvalue weighted by atomic mass is 9.80. The molecule has 2 aliphatic rings. The zero-order valence-corrected chi connectivity index (χ0v) is 12.2. The molecular weight excluding hydrogens is 208 g/mol. The Labute approximate surface area is 107 Å². The van der Waals surface area contributed by atoms with Crippen molar-refractivity contribution in [3.8, 4) is 0 Å². The van der Waals surface area contributed by atoms with Gasteiger partial charge < -0.3 is 5.32 Å². The van der Waals surface area contributed by atoms with Crippen molar-refractivity contribution in [2.75, 3.05) is 19.6 Å². The van der Waals surface area contributed by atoms with E-state index in [1.807, 2.05) is 0 Å². The Morgan fingerprint density at radius 1 is 1.18 bits per heavy atom. The lowest BCUT2D eigenvalue weighted by Crippen LogP contribution is -2.68. The van der Waals surface area contributed by atoms with Gasteiger partial charge in [0.15, 0.2) is 0 Å². The molecule has 1 saturated heterocycles. The zero-order valence-electron chi connectivity index (χ0n) is 12.2. The van der Waals surface area contributed by atoms with Gasteiger partial charge in [0.2, 0.25) is 0 Å². The third kappa shape index (κ3) is 2.68. The number of nitrogens with one attached hydrogen (secondary N) is 1. The van der Waals surface area contributed by atoms with Crippen LogP contribution in [-0.2, 0) is 0 Å². The van der Waals surface area contributed by atoms with Crippen molar-refractivity contribution in [1.82, 2.24) is 10.2 Å². The van der Waals surface area contributed by atoms with Gasteiger partial charge in [-0.25, -0.2) is 0 Å². The highest BCUT2D eigenvalue weighted by molar-refractivity contribution is 5.01. The van der Waals surface area contributed by atoms with Gasteiger partial charge in [-0.3, -0.25) is 4.90 Å². The molecular formula is C15H30N2. The van der Waals surface area contributed by atoms with E-state index in [9.17, 15) is 0 Å². The first kappa shape index (κ1) is 13.4. The lowest BCUT2D eigenvalue weighted by Gasteiger charge is -2.53. The third-order valence-electron chi connectivity index (χ3n) is 5.44. The standard InChI is InChI=1S/C15H30N2/c1-5-14(3)12-17(10-13-8-7-9-13)15(4,6-2)11-16-14/h13,16H,5-12H2,1-4H3. The molecule has 2 fully saturated rings. The van der Waals surface area contributed by atoms with Crippen LogP contribution in [0.5, 0.6) is 0 Å². The quantitative estimate of drug-likeness (QED) is 0.810. The predicted octanol–water partition coefficient (Wildman–Crippen LogP) is 3.03. The molecule has 0 aromatic rings. The first-order valence-corrected chi connectivity index (χ1v) is 7.51. The zero-order chi connectivity index (χ0) is 12.5. The first-order valence-electron chi connectivity index (χ1n) is 7.51. The molecule has 1 N–H and O–H groups in total. The number of hydrogen-bond acceptors (Lipinski definition) is 2. The van der Waals surface area contributed by atoms with Crippen LogP contribution in [0, 0.1) is 5.92 Å². The van der Waals surface area contributed by atoms with Gasteiger partial charge in [0.05, 0.1) is 0 Å². The van der Waals surface area contributed by atoms with Crippen LogP contribution in [-0.4, -0.2) is 35.6 Å². The number of rotatable bonds is 4. The minimum Gasteiger partial charge on any atom is -0.308 e. The molecule has 0 aromatic carbocycles. The van der Waals surface area contributed by atoms with E-state index >= 15 is 0 Å². The maximum atomic E-state index is 3.78. The smallest absolute Gasteiger partial charge is 0.0304 e. The second kappa shape index (κ2) is 4.89. The maximum absolute atomic E-state index is 3.78. The average molecular weight is 238 g/mol. The van der Waals surface area contributed by atoms with E-state index in [0.29, 0.717) is 11.1 Å². The molecule has 17 heavy (non-hydrogen) atoms. The molecule has 0 radical (unpaired) electrons. The molecule has 2 unspecified atom stereocenters. The van der Waals surface area contributed by atoms with Crippen LogP contribution in [0.15, 0.2) is 0 Å². The Kier molecular flexibility index (Phi) is 3.84. The van der Waals surface area contributed by atoms with E-state index < -0.39 is 0 Å². The monoisotopic (exact) mass is 238 g/mol. The van der Waals surface area contributed by atoms with Crippen molar-refractivity contribution >= 4 is 0 Å². The maximum Gasteiger partial charge on any atom is 0.0304 e.